The van der Waals surface area contributed by atoms with Crippen LogP contribution in [0.1, 0.15) is 316 Å². The number of hydrogen-bond acceptors (Lipinski definition) is 5. The van der Waals surface area contributed by atoms with Crippen LogP contribution >= 0.6 is 0 Å². The molecule has 0 fully saturated rings. The van der Waals surface area contributed by atoms with Gasteiger partial charge in [-0.1, -0.05) is 323 Å². The largest absolute Gasteiger partial charge is 0.462 e. The van der Waals surface area contributed by atoms with Gasteiger partial charge in [0.05, 0.1) is 6.61 Å². The van der Waals surface area contributed by atoms with E-state index in [9.17, 15) is 14.7 Å². The van der Waals surface area contributed by atoms with Gasteiger partial charge in [-0.05, 0) is 77.0 Å². The fourth-order valence-electron chi connectivity index (χ4n) is 9.34. The van der Waals surface area contributed by atoms with E-state index in [1.807, 2.05) is 0 Å². The van der Waals surface area contributed by atoms with Crippen molar-refractivity contribution in [3.63, 3.8) is 0 Å². The van der Waals surface area contributed by atoms with Gasteiger partial charge in [0, 0.05) is 12.8 Å². The number of hydrogen-bond donors (Lipinski definition) is 1. The van der Waals surface area contributed by atoms with Crippen molar-refractivity contribution in [2.45, 2.75) is 322 Å². The third-order valence-corrected chi connectivity index (χ3v) is 14.1. The first-order valence-electron chi connectivity index (χ1n) is 32.3. The van der Waals surface area contributed by atoms with E-state index >= 15 is 0 Å². The zero-order valence-electron chi connectivity index (χ0n) is 49.5. The molecule has 432 valence electrons. The molecule has 1 N–H and O–H groups in total. The molecule has 0 aromatic carbocycles. The van der Waals surface area contributed by atoms with Crippen LogP contribution in [-0.2, 0) is 19.1 Å². The number of unbranched alkanes of at least 4 members (excludes halogenated alkanes) is 35. The van der Waals surface area contributed by atoms with Gasteiger partial charge in [0.15, 0.2) is 6.10 Å². The maximum atomic E-state index is 12.3. The second-order valence-electron chi connectivity index (χ2n) is 21.5. The molecule has 0 aliphatic rings. The van der Waals surface area contributed by atoms with Crippen LogP contribution in [0.3, 0.4) is 0 Å². The Balaban J connectivity index is 3.51. The molecule has 0 aliphatic carbocycles. The summed E-state index contributed by atoms with van der Waals surface area (Å²) in [6.07, 6.45) is 92.8. The van der Waals surface area contributed by atoms with Gasteiger partial charge in [0.1, 0.15) is 6.61 Å². The molecule has 0 aromatic rings. The molecule has 0 aliphatic heterocycles. The summed E-state index contributed by atoms with van der Waals surface area (Å²) in [6, 6.07) is 0. The van der Waals surface area contributed by atoms with E-state index < -0.39 is 6.10 Å². The second kappa shape index (κ2) is 65.1. The van der Waals surface area contributed by atoms with Crippen LogP contribution < -0.4 is 0 Å². The molecule has 0 saturated carbocycles. The molecule has 0 bridgehead atoms. The average molecular weight is 1040 g/mol. The highest BCUT2D eigenvalue weighted by Gasteiger charge is 2.16. The van der Waals surface area contributed by atoms with Crippen LogP contribution in [0.4, 0.5) is 0 Å². The van der Waals surface area contributed by atoms with Crippen LogP contribution in [0, 0.1) is 0 Å². The molecule has 0 rings (SSSR count). The number of allylic oxidation sites excluding steroid dienone is 16. The van der Waals surface area contributed by atoms with Crippen molar-refractivity contribution >= 4 is 11.9 Å². The van der Waals surface area contributed by atoms with Gasteiger partial charge in [-0.15, -0.1) is 0 Å². The minimum atomic E-state index is -0.802. The summed E-state index contributed by atoms with van der Waals surface area (Å²) in [5, 5.41) is 9.67. The smallest absolute Gasteiger partial charge is 0.306 e. The van der Waals surface area contributed by atoms with Gasteiger partial charge in [-0.3, -0.25) is 9.59 Å². The maximum Gasteiger partial charge on any atom is 0.306 e. The van der Waals surface area contributed by atoms with Crippen LogP contribution in [-0.4, -0.2) is 36.4 Å². The van der Waals surface area contributed by atoms with E-state index in [0.717, 1.165) is 89.9 Å². The van der Waals surface area contributed by atoms with Gasteiger partial charge in [-0.2, -0.15) is 0 Å². The third-order valence-electron chi connectivity index (χ3n) is 14.1. The molecule has 0 amide bonds. The lowest BCUT2D eigenvalue weighted by molar-refractivity contribution is -0.161. The fourth-order valence-corrected chi connectivity index (χ4v) is 9.34. The number of carbonyl (C=O) groups is 2. The van der Waals surface area contributed by atoms with Gasteiger partial charge in [-0.25, -0.2) is 0 Å². The molecule has 0 radical (unpaired) electrons. The number of rotatable bonds is 59. The Morgan fingerprint density at radius 2 is 0.573 bits per heavy atom. The van der Waals surface area contributed by atoms with Gasteiger partial charge < -0.3 is 14.6 Å². The van der Waals surface area contributed by atoms with Crippen LogP contribution in [0.15, 0.2) is 97.2 Å². The summed E-state index contributed by atoms with van der Waals surface area (Å²) in [4.78, 5) is 24.6. The lowest BCUT2D eigenvalue weighted by atomic mass is 10.0. The van der Waals surface area contributed by atoms with Crippen LogP contribution in [0.5, 0.6) is 0 Å². The average Bonchev–Trinajstić information content (AvgIpc) is 3.41. The molecule has 5 heteroatoms. The monoisotopic (exact) mass is 1040 g/mol. The molecular weight excluding hydrogens is 921 g/mol. The normalized spacial score (nSPS) is 12.8. The molecule has 0 aromatic heterocycles. The second-order valence-corrected chi connectivity index (χ2v) is 21.5. The number of ether oxygens (including phenoxy) is 2. The molecule has 75 heavy (non-hydrogen) atoms. The SMILES string of the molecule is CC/C=C\C/C=C\C/C=C\C/C=C\C/C=C\C/C=C\C/C=C\C/C=C\CCCCC(=O)OC(CO)COC(=O)CCCCCCCCCCCCCCCCCCCCCCCCCCCCCCCCCCCC. The van der Waals surface area contributed by atoms with Crippen molar-refractivity contribution in [2.24, 2.45) is 0 Å². The van der Waals surface area contributed by atoms with Crippen LogP contribution in [0.2, 0.25) is 0 Å². The number of carbonyl (C=O) groups excluding carboxylic acids is 2. The zero-order valence-corrected chi connectivity index (χ0v) is 49.5. The van der Waals surface area contributed by atoms with E-state index in [1.54, 1.807) is 0 Å². The predicted octanol–water partition coefficient (Wildman–Crippen LogP) is 22.3. The highest BCUT2D eigenvalue weighted by molar-refractivity contribution is 5.70. The zero-order chi connectivity index (χ0) is 54.1. The van der Waals surface area contributed by atoms with E-state index in [-0.39, 0.29) is 25.2 Å². The summed E-state index contributed by atoms with van der Waals surface area (Å²) in [7, 11) is 0. The van der Waals surface area contributed by atoms with Crippen molar-refractivity contribution in [3.05, 3.63) is 97.2 Å². The van der Waals surface area contributed by atoms with E-state index in [4.69, 9.17) is 9.47 Å². The Hall–Kier alpha value is -3.18. The predicted molar refractivity (Wildman–Crippen MR) is 329 cm³/mol. The molecule has 0 heterocycles. The molecule has 1 unspecified atom stereocenters. The highest BCUT2D eigenvalue weighted by Crippen LogP contribution is 2.18. The first-order chi connectivity index (χ1) is 37.1. The van der Waals surface area contributed by atoms with E-state index in [1.165, 1.54) is 199 Å². The molecular formula is C70H122O5. The molecule has 0 saturated heterocycles. The minimum absolute atomic E-state index is 0.0862. The quantitative estimate of drug-likeness (QED) is 0.0373. The van der Waals surface area contributed by atoms with Crippen molar-refractivity contribution in [2.75, 3.05) is 13.2 Å². The van der Waals surface area contributed by atoms with Crippen molar-refractivity contribution in [1.29, 1.82) is 0 Å². The topological polar surface area (TPSA) is 72.8 Å². The van der Waals surface area contributed by atoms with Gasteiger partial charge in [0.25, 0.3) is 0 Å². The third kappa shape index (κ3) is 63.3. The Morgan fingerprint density at radius 3 is 0.867 bits per heavy atom. The summed E-state index contributed by atoms with van der Waals surface area (Å²) in [6.45, 7) is 4.02. The lowest BCUT2D eigenvalue weighted by Crippen LogP contribution is -2.28. The number of esters is 2. The molecule has 5 nitrogen and oxygen atoms in total. The Morgan fingerprint density at radius 1 is 0.320 bits per heavy atom. The fraction of sp³-hybridized carbons (Fsp3) is 0.743. The van der Waals surface area contributed by atoms with Crippen molar-refractivity contribution in [1.82, 2.24) is 0 Å². The Bertz CT molecular complexity index is 1410. The number of aliphatic hydroxyl groups is 1. The standard InChI is InChI=1S/C70H122O5/c1-3-5-7-9-11-13-15-17-19-21-23-25-27-29-31-32-33-34-35-36-37-39-40-42-44-46-48-50-52-54-56-58-60-62-64-69(72)74-67-68(66-71)75-70(73)65-63-61-59-57-55-53-51-49-47-45-43-41-38-30-28-26-24-22-20-18-16-14-12-10-8-6-4-2/h6,8,12,14,18,20,24,26,30,38,43,45,49,51,55,57,68,71H,3-5,7,9-11,13,15-17,19,21-23,25,27-29,31-37,39-42,44,46-48,50,52-54,56,58-67H2,1-2H3/b8-6-,14-12-,20-18-,26-24-,38-30-,45-43-,51-49-,57-55-. The summed E-state index contributed by atoms with van der Waals surface area (Å²) < 4.78 is 10.7. The Labute approximate surface area is 466 Å². The van der Waals surface area contributed by atoms with Crippen molar-refractivity contribution in [3.8, 4) is 0 Å². The number of aliphatic hydroxyl groups excluding tert-OH is 1. The van der Waals surface area contributed by atoms with Gasteiger partial charge >= 0.3 is 11.9 Å². The molecule has 1 atom stereocenters. The highest BCUT2D eigenvalue weighted by atomic mass is 16.6. The van der Waals surface area contributed by atoms with E-state index in [2.05, 4.69) is 111 Å². The summed E-state index contributed by atoms with van der Waals surface area (Å²) in [5.74, 6) is -0.635. The van der Waals surface area contributed by atoms with Crippen LogP contribution in [0.25, 0.3) is 0 Å². The maximum absolute atomic E-state index is 12.3. The first-order valence-corrected chi connectivity index (χ1v) is 32.3. The van der Waals surface area contributed by atoms with Crippen molar-refractivity contribution < 1.29 is 24.2 Å². The Kier molecular flexibility index (Phi) is 62.3. The van der Waals surface area contributed by atoms with Gasteiger partial charge in [0.2, 0.25) is 0 Å². The summed E-state index contributed by atoms with van der Waals surface area (Å²) >= 11 is 0. The first kappa shape index (κ1) is 71.8. The molecule has 0 spiro atoms. The summed E-state index contributed by atoms with van der Waals surface area (Å²) in [5.41, 5.74) is 0. The minimum Gasteiger partial charge on any atom is -0.462 e. The lowest BCUT2D eigenvalue weighted by Gasteiger charge is -2.15. The van der Waals surface area contributed by atoms with E-state index in [0.29, 0.717) is 12.8 Å².